The van der Waals surface area contributed by atoms with Gasteiger partial charge in [-0.2, -0.15) is 0 Å². The molecule has 0 aliphatic rings. The Labute approximate surface area is 110 Å². The van der Waals surface area contributed by atoms with Crippen molar-refractivity contribution in [1.82, 2.24) is 4.98 Å². The lowest BCUT2D eigenvalue weighted by Crippen LogP contribution is -1.85. The summed E-state index contributed by atoms with van der Waals surface area (Å²) in [5.41, 5.74) is 10.4. The van der Waals surface area contributed by atoms with Gasteiger partial charge < -0.3 is 15.3 Å². The minimum absolute atomic E-state index is 0.0703. The van der Waals surface area contributed by atoms with Gasteiger partial charge in [0, 0.05) is 11.8 Å². The lowest BCUT2D eigenvalue weighted by molar-refractivity contribution is 0.474. The second-order valence-corrected chi connectivity index (χ2v) is 4.73. The van der Waals surface area contributed by atoms with Crippen molar-refractivity contribution >= 4 is 16.8 Å². The molecule has 0 unspecified atom stereocenters. The van der Waals surface area contributed by atoms with E-state index in [1.807, 2.05) is 26.0 Å². The van der Waals surface area contributed by atoms with Gasteiger partial charge in [-0.15, -0.1) is 0 Å². The number of fused-ring (bicyclic) bond motifs is 1. The Kier molecular flexibility index (Phi) is 2.45. The van der Waals surface area contributed by atoms with Crippen LogP contribution in [0.1, 0.15) is 11.1 Å². The van der Waals surface area contributed by atoms with Crippen molar-refractivity contribution in [1.29, 1.82) is 0 Å². The van der Waals surface area contributed by atoms with Crippen LogP contribution in [-0.4, -0.2) is 10.1 Å². The molecule has 3 rings (SSSR count). The van der Waals surface area contributed by atoms with Crippen LogP contribution in [0.15, 0.2) is 34.7 Å². The van der Waals surface area contributed by atoms with Gasteiger partial charge in [-0.3, -0.25) is 0 Å². The highest BCUT2D eigenvalue weighted by molar-refractivity contribution is 5.81. The van der Waals surface area contributed by atoms with Gasteiger partial charge >= 0.3 is 0 Å². The van der Waals surface area contributed by atoms with E-state index in [4.69, 9.17) is 10.2 Å². The van der Waals surface area contributed by atoms with E-state index in [-0.39, 0.29) is 5.75 Å². The molecule has 1 heterocycles. The van der Waals surface area contributed by atoms with Gasteiger partial charge in [-0.1, -0.05) is 6.07 Å². The molecule has 2 aromatic carbocycles. The number of hydrogen-bond acceptors (Lipinski definition) is 4. The second-order valence-electron chi connectivity index (χ2n) is 4.73. The first-order valence-electron chi connectivity index (χ1n) is 6.01. The third kappa shape index (κ3) is 1.91. The van der Waals surface area contributed by atoms with Crippen LogP contribution in [0.2, 0.25) is 0 Å². The molecular weight excluding hydrogens is 240 g/mol. The third-order valence-electron chi connectivity index (χ3n) is 3.07. The molecule has 0 aliphatic heterocycles. The predicted molar refractivity (Wildman–Crippen MR) is 75.0 cm³/mol. The highest BCUT2D eigenvalue weighted by Crippen LogP contribution is 2.33. The van der Waals surface area contributed by atoms with Crippen molar-refractivity contribution in [3.8, 4) is 17.2 Å². The maximum Gasteiger partial charge on any atom is 0.231 e. The van der Waals surface area contributed by atoms with Crippen molar-refractivity contribution < 1.29 is 9.52 Å². The van der Waals surface area contributed by atoms with Crippen LogP contribution in [0.25, 0.3) is 22.6 Å². The Bertz CT molecular complexity index is 775. The van der Waals surface area contributed by atoms with Crippen molar-refractivity contribution in [2.45, 2.75) is 13.8 Å². The zero-order valence-corrected chi connectivity index (χ0v) is 10.8. The van der Waals surface area contributed by atoms with Gasteiger partial charge in [-0.05, 0) is 43.2 Å². The van der Waals surface area contributed by atoms with Crippen LogP contribution < -0.4 is 5.73 Å². The van der Waals surface area contributed by atoms with E-state index in [2.05, 4.69) is 4.98 Å². The van der Waals surface area contributed by atoms with Crippen molar-refractivity contribution in [2.24, 2.45) is 0 Å². The summed E-state index contributed by atoms with van der Waals surface area (Å²) in [5, 5.41) is 9.91. The molecule has 0 saturated heterocycles. The second kappa shape index (κ2) is 4.02. The molecule has 4 heteroatoms. The number of aromatic hydroxyl groups is 1. The van der Waals surface area contributed by atoms with E-state index in [9.17, 15) is 5.11 Å². The number of phenols is 1. The molecule has 1 aromatic heterocycles. The van der Waals surface area contributed by atoms with E-state index < -0.39 is 0 Å². The maximum atomic E-state index is 9.91. The zero-order chi connectivity index (χ0) is 13.6. The Morgan fingerprint density at radius 2 is 1.95 bits per heavy atom. The van der Waals surface area contributed by atoms with Gasteiger partial charge in [0.2, 0.25) is 5.89 Å². The molecule has 0 bridgehead atoms. The number of oxazole rings is 1. The number of nitrogens with two attached hydrogens (primary N) is 1. The first-order chi connectivity index (χ1) is 9.04. The van der Waals surface area contributed by atoms with Crippen LogP contribution in [0.3, 0.4) is 0 Å². The van der Waals surface area contributed by atoms with Crippen molar-refractivity contribution in [3.05, 3.63) is 41.5 Å². The molecular formula is C15H14N2O2. The van der Waals surface area contributed by atoms with Crippen LogP contribution in [-0.2, 0) is 0 Å². The summed E-state index contributed by atoms with van der Waals surface area (Å²) >= 11 is 0. The fourth-order valence-electron chi connectivity index (χ4n) is 2.22. The Hall–Kier alpha value is -2.49. The molecule has 0 spiro atoms. The van der Waals surface area contributed by atoms with Gasteiger partial charge in [0.25, 0.3) is 0 Å². The third-order valence-corrected chi connectivity index (χ3v) is 3.07. The van der Waals surface area contributed by atoms with Crippen molar-refractivity contribution in [2.75, 3.05) is 5.73 Å². The van der Waals surface area contributed by atoms with Gasteiger partial charge in [0.1, 0.15) is 11.3 Å². The molecule has 3 aromatic rings. The van der Waals surface area contributed by atoms with Gasteiger partial charge in [0.05, 0.1) is 5.56 Å². The molecule has 0 aliphatic carbocycles. The summed E-state index contributed by atoms with van der Waals surface area (Å²) in [5.74, 6) is 0.474. The number of anilines is 1. The minimum atomic E-state index is 0.0703. The number of nitrogen functional groups attached to an aromatic ring is 1. The summed E-state index contributed by atoms with van der Waals surface area (Å²) in [6.45, 7) is 3.99. The SMILES string of the molecule is Cc1cc(C)c2oc(-c3ccc(N)cc3O)nc2c1. The first kappa shape index (κ1) is 11.6. The number of hydrogen-bond donors (Lipinski definition) is 2. The number of rotatable bonds is 1. The lowest BCUT2D eigenvalue weighted by atomic mass is 10.1. The molecule has 3 N–H and O–H groups in total. The molecule has 0 fully saturated rings. The molecule has 0 amide bonds. The topological polar surface area (TPSA) is 72.3 Å². The van der Waals surface area contributed by atoms with E-state index in [1.165, 1.54) is 6.07 Å². The summed E-state index contributed by atoms with van der Waals surface area (Å²) < 4.78 is 5.75. The van der Waals surface area contributed by atoms with Gasteiger partial charge in [0.15, 0.2) is 5.58 Å². The minimum Gasteiger partial charge on any atom is -0.507 e. The normalized spacial score (nSPS) is 11.1. The first-order valence-corrected chi connectivity index (χ1v) is 6.01. The maximum absolute atomic E-state index is 9.91. The van der Waals surface area contributed by atoms with E-state index in [0.29, 0.717) is 17.1 Å². The Morgan fingerprint density at radius 3 is 2.68 bits per heavy atom. The quantitative estimate of drug-likeness (QED) is 0.653. The average Bonchev–Trinajstić information content (AvgIpc) is 2.72. The zero-order valence-electron chi connectivity index (χ0n) is 10.8. The number of phenolic OH excluding ortho intramolecular Hbond substituents is 1. The molecule has 0 saturated carbocycles. The molecule has 0 atom stereocenters. The van der Waals surface area contributed by atoms with Gasteiger partial charge in [-0.25, -0.2) is 4.98 Å². The Morgan fingerprint density at radius 1 is 1.16 bits per heavy atom. The van der Waals surface area contributed by atoms with Crippen molar-refractivity contribution in [3.63, 3.8) is 0 Å². The molecule has 96 valence electrons. The highest BCUT2D eigenvalue weighted by atomic mass is 16.3. The summed E-state index contributed by atoms with van der Waals surface area (Å²) in [6, 6.07) is 8.91. The monoisotopic (exact) mass is 254 g/mol. The fraction of sp³-hybridized carbons (Fsp3) is 0.133. The number of benzene rings is 2. The van der Waals surface area contributed by atoms with Crippen LogP contribution in [0, 0.1) is 13.8 Å². The van der Waals surface area contributed by atoms with E-state index in [1.54, 1.807) is 12.1 Å². The smallest absolute Gasteiger partial charge is 0.231 e. The highest BCUT2D eigenvalue weighted by Gasteiger charge is 2.13. The predicted octanol–water partition coefficient (Wildman–Crippen LogP) is 3.40. The van der Waals surface area contributed by atoms with Crippen LogP contribution in [0.5, 0.6) is 5.75 Å². The summed E-state index contributed by atoms with van der Waals surface area (Å²) in [7, 11) is 0. The summed E-state index contributed by atoms with van der Waals surface area (Å²) in [4.78, 5) is 4.43. The van der Waals surface area contributed by atoms with Crippen LogP contribution in [0.4, 0.5) is 5.69 Å². The molecule has 0 radical (unpaired) electrons. The fourth-order valence-corrected chi connectivity index (χ4v) is 2.22. The standard InChI is InChI=1S/C15H14N2O2/c1-8-5-9(2)14-12(6-8)17-15(19-14)11-4-3-10(16)7-13(11)18/h3-7,18H,16H2,1-2H3. The number of aromatic nitrogens is 1. The summed E-state index contributed by atoms with van der Waals surface area (Å²) in [6.07, 6.45) is 0. The number of aryl methyl sites for hydroxylation is 2. The van der Waals surface area contributed by atoms with E-state index >= 15 is 0 Å². The van der Waals surface area contributed by atoms with E-state index in [0.717, 1.165) is 22.2 Å². The number of nitrogens with zero attached hydrogens (tertiary/aromatic N) is 1. The molecule has 4 nitrogen and oxygen atoms in total. The Balaban J connectivity index is 2.23. The average molecular weight is 254 g/mol. The molecule has 19 heavy (non-hydrogen) atoms. The van der Waals surface area contributed by atoms with Crippen LogP contribution >= 0.6 is 0 Å². The lowest BCUT2D eigenvalue weighted by Gasteiger charge is -2.00. The largest absolute Gasteiger partial charge is 0.507 e.